The van der Waals surface area contributed by atoms with Gasteiger partial charge in [-0.05, 0) is 55.2 Å². The lowest BCUT2D eigenvalue weighted by Gasteiger charge is -2.36. The lowest BCUT2D eigenvalue weighted by Crippen LogP contribution is -2.45. The van der Waals surface area contributed by atoms with Crippen LogP contribution in [-0.4, -0.2) is 24.0 Å². The van der Waals surface area contributed by atoms with Gasteiger partial charge in [-0.15, -0.1) is 11.3 Å². The lowest BCUT2D eigenvalue weighted by atomic mass is 9.88. The first-order valence-electron chi connectivity index (χ1n) is 9.52. The van der Waals surface area contributed by atoms with Crippen molar-refractivity contribution in [3.05, 3.63) is 56.8 Å². The quantitative estimate of drug-likeness (QED) is 0.852. The zero-order valence-electron chi connectivity index (χ0n) is 14.9. The minimum Gasteiger partial charge on any atom is -0.338 e. The SMILES string of the molecule is CCCNC(=O)N1CCc2c(sc3c2CCCC3)C1c1ccccc1. The van der Waals surface area contributed by atoms with Gasteiger partial charge in [-0.2, -0.15) is 0 Å². The first-order valence-corrected chi connectivity index (χ1v) is 10.3. The molecule has 4 heteroatoms. The summed E-state index contributed by atoms with van der Waals surface area (Å²) in [5.74, 6) is 0. The molecule has 3 nitrogen and oxygen atoms in total. The molecule has 2 aromatic rings. The van der Waals surface area contributed by atoms with Gasteiger partial charge in [-0.3, -0.25) is 0 Å². The summed E-state index contributed by atoms with van der Waals surface area (Å²) in [5, 5.41) is 3.09. The van der Waals surface area contributed by atoms with E-state index in [1.165, 1.54) is 36.1 Å². The van der Waals surface area contributed by atoms with Crippen molar-refractivity contribution in [2.75, 3.05) is 13.1 Å². The molecule has 2 heterocycles. The molecule has 4 rings (SSSR count). The van der Waals surface area contributed by atoms with Crippen molar-refractivity contribution >= 4 is 17.4 Å². The van der Waals surface area contributed by atoms with Crippen LogP contribution in [0.5, 0.6) is 0 Å². The number of nitrogens with one attached hydrogen (secondary N) is 1. The van der Waals surface area contributed by atoms with E-state index in [9.17, 15) is 4.79 Å². The molecule has 2 amide bonds. The lowest BCUT2D eigenvalue weighted by molar-refractivity contribution is 0.181. The highest BCUT2D eigenvalue weighted by molar-refractivity contribution is 7.12. The van der Waals surface area contributed by atoms with Crippen LogP contribution in [0.2, 0.25) is 0 Å². The van der Waals surface area contributed by atoms with E-state index in [4.69, 9.17) is 0 Å². The predicted octanol–water partition coefficient (Wildman–Crippen LogP) is 4.69. The van der Waals surface area contributed by atoms with Crippen molar-refractivity contribution in [1.29, 1.82) is 0 Å². The number of nitrogens with zero attached hydrogens (tertiary/aromatic N) is 1. The number of urea groups is 1. The molecule has 1 unspecified atom stereocenters. The van der Waals surface area contributed by atoms with Crippen molar-refractivity contribution < 1.29 is 4.79 Å². The van der Waals surface area contributed by atoms with Crippen LogP contribution in [0, 0.1) is 0 Å². The van der Waals surface area contributed by atoms with Crippen molar-refractivity contribution in [2.24, 2.45) is 0 Å². The van der Waals surface area contributed by atoms with Gasteiger partial charge in [0.1, 0.15) is 0 Å². The number of fused-ring (bicyclic) bond motifs is 3. The second-order valence-corrected chi connectivity index (χ2v) is 8.18. The number of carbonyl (C=O) groups excluding carboxylic acids is 1. The van der Waals surface area contributed by atoms with Crippen LogP contribution in [0.15, 0.2) is 30.3 Å². The highest BCUT2D eigenvalue weighted by atomic mass is 32.1. The molecule has 1 aromatic heterocycles. The molecule has 0 saturated heterocycles. The summed E-state index contributed by atoms with van der Waals surface area (Å²) >= 11 is 1.96. The molecular weight excluding hydrogens is 328 g/mol. The van der Waals surface area contributed by atoms with Crippen molar-refractivity contribution in [3.63, 3.8) is 0 Å². The smallest absolute Gasteiger partial charge is 0.318 e. The summed E-state index contributed by atoms with van der Waals surface area (Å²) in [6.45, 7) is 3.65. The van der Waals surface area contributed by atoms with Gasteiger partial charge < -0.3 is 10.2 Å². The molecule has 0 fully saturated rings. The minimum atomic E-state index is 0.0670. The Morgan fingerprint density at radius 2 is 1.96 bits per heavy atom. The molecule has 1 N–H and O–H groups in total. The van der Waals surface area contributed by atoms with Crippen molar-refractivity contribution in [2.45, 2.75) is 51.5 Å². The van der Waals surface area contributed by atoms with Gasteiger partial charge in [0.2, 0.25) is 0 Å². The molecule has 0 radical (unpaired) electrons. The number of rotatable bonds is 3. The van der Waals surface area contributed by atoms with Crippen LogP contribution >= 0.6 is 11.3 Å². The summed E-state index contributed by atoms with van der Waals surface area (Å²) in [4.78, 5) is 17.9. The third-order valence-electron chi connectivity index (χ3n) is 5.38. The van der Waals surface area contributed by atoms with Gasteiger partial charge >= 0.3 is 6.03 Å². The minimum absolute atomic E-state index is 0.0670. The Morgan fingerprint density at radius 3 is 2.76 bits per heavy atom. The number of amides is 2. The maximum Gasteiger partial charge on any atom is 0.318 e. The van der Waals surface area contributed by atoms with E-state index in [1.807, 2.05) is 17.4 Å². The molecule has 2 aliphatic rings. The number of aryl methyl sites for hydroxylation is 1. The predicted molar refractivity (Wildman–Crippen MR) is 103 cm³/mol. The molecule has 0 saturated carbocycles. The highest BCUT2D eigenvalue weighted by Crippen LogP contribution is 2.44. The van der Waals surface area contributed by atoms with Crippen LogP contribution in [-0.2, 0) is 19.3 Å². The molecule has 1 aromatic carbocycles. The molecule has 0 bridgehead atoms. The zero-order valence-corrected chi connectivity index (χ0v) is 15.7. The molecule has 0 spiro atoms. The van der Waals surface area contributed by atoms with E-state index < -0.39 is 0 Å². The zero-order chi connectivity index (χ0) is 17.2. The van der Waals surface area contributed by atoms with E-state index >= 15 is 0 Å². The fraction of sp³-hybridized carbons (Fsp3) is 0.476. The van der Waals surface area contributed by atoms with Crippen LogP contribution in [0.4, 0.5) is 4.79 Å². The summed E-state index contributed by atoms with van der Waals surface area (Å²) < 4.78 is 0. The average molecular weight is 355 g/mol. The Labute approximate surface area is 154 Å². The second-order valence-electron chi connectivity index (χ2n) is 7.04. The number of benzene rings is 1. The molecule has 1 atom stereocenters. The van der Waals surface area contributed by atoms with Gasteiger partial charge in [-0.1, -0.05) is 37.3 Å². The Morgan fingerprint density at radius 1 is 1.16 bits per heavy atom. The third kappa shape index (κ3) is 3.08. The summed E-state index contributed by atoms with van der Waals surface area (Å²) in [7, 11) is 0. The van der Waals surface area contributed by atoms with Crippen molar-refractivity contribution in [3.8, 4) is 0 Å². The summed E-state index contributed by atoms with van der Waals surface area (Å²) in [6.07, 6.45) is 7.04. The standard InChI is InChI=1S/C21H26N2OS/c1-2-13-22-21(24)23-14-12-17-16-10-6-7-11-18(16)25-20(17)19(23)15-8-4-3-5-9-15/h3-5,8-9,19H,2,6-7,10-14H2,1H3,(H,22,24). The summed E-state index contributed by atoms with van der Waals surface area (Å²) in [6, 6.07) is 10.7. The number of hydrogen-bond acceptors (Lipinski definition) is 2. The molecule has 1 aliphatic heterocycles. The highest BCUT2D eigenvalue weighted by Gasteiger charge is 2.36. The molecule has 25 heavy (non-hydrogen) atoms. The maximum absolute atomic E-state index is 12.8. The van der Waals surface area contributed by atoms with Crippen molar-refractivity contribution in [1.82, 2.24) is 10.2 Å². The Kier molecular flexibility index (Phi) is 4.80. The van der Waals surface area contributed by atoms with Gasteiger partial charge in [0.05, 0.1) is 6.04 Å². The number of carbonyl (C=O) groups is 1. The Balaban J connectivity index is 1.75. The van der Waals surface area contributed by atoms with Crippen LogP contribution in [0.3, 0.4) is 0 Å². The molecule has 132 valence electrons. The maximum atomic E-state index is 12.8. The monoisotopic (exact) mass is 354 g/mol. The van der Waals surface area contributed by atoms with E-state index in [0.29, 0.717) is 0 Å². The number of thiophene rings is 1. The largest absolute Gasteiger partial charge is 0.338 e. The Hall–Kier alpha value is -1.81. The molecule has 1 aliphatic carbocycles. The van der Waals surface area contributed by atoms with Crippen LogP contribution in [0.25, 0.3) is 0 Å². The van der Waals surface area contributed by atoms with E-state index in [2.05, 4.69) is 41.4 Å². The average Bonchev–Trinajstić information content (AvgIpc) is 3.04. The fourth-order valence-corrected chi connectivity index (χ4v) is 5.75. The number of hydrogen-bond donors (Lipinski definition) is 1. The second kappa shape index (κ2) is 7.20. The van der Waals surface area contributed by atoms with Gasteiger partial charge in [0.15, 0.2) is 0 Å². The van der Waals surface area contributed by atoms with E-state index in [1.54, 1.807) is 16.0 Å². The van der Waals surface area contributed by atoms with E-state index in [-0.39, 0.29) is 12.1 Å². The topological polar surface area (TPSA) is 32.3 Å². The third-order valence-corrected chi connectivity index (χ3v) is 6.76. The van der Waals surface area contributed by atoms with Gasteiger partial charge in [0, 0.05) is 22.8 Å². The molecular formula is C21H26N2OS. The first-order chi connectivity index (χ1) is 12.3. The normalized spacial score (nSPS) is 19.2. The van der Waals surface area contributed by atoms with Gasteiger partial charge in [-0.25, -0.2) is 4.79 Å². The van der Waals surface area contributed by atoms with Gasteiger partial charge in [0.25, 0.3) is 0 Å². The van der Waals surface area contributed by atoms with E-state index in [0.717, 1.165) is 25.9 Å². The summed E-state index contributed by atoms with van der Waals surface area (Å²) in [5.41, 5.74) is 4.39. The fourth-order valence-electron chi connectivity index (χ4n) is 4.17. The van der Waals surface area contributed by atoms with Crippen LogP contribution in [0.1, 0.15) is 58.7 Å². The Bertz CT molecular complexity index is 753. The first kappa shape index (κ1) is 16.6. The van der Waals surface area contributed by atoms with Crippen LogP contribution < -0.4 is 5.32 Å².